The molecule has 0 radical (unpaired) electrons. The van der Waals surface area contributed by atoms with Crippen LogP contribution in [0.3, 0.4) is 0 Å². The number of hydrogen-bond acceptors (Lipinski definition) is 4. The van der Waals surface area contributed by atoms with Gasteiger partial charge in [0.2, 0.25) is 5.91 Å². The van der Waals surface area contributed by atoms with Crippen LogP contribution in [0.15, 0.2) is 24.3 Å². The van der Waals surface area contributed by atoms with Crippen molar-refractivity contribution >= 4 is 23.5 Å². The molecule has 4 rings (SSSR count). The Kier molecular flexibility index (Phi) is 7.01. The van der Waals surface area contributed by atoms with Crippen molar-refractivity contribution in [1.29, 1.82) is 0 Å². The van der Waals surface area contributed by atoms with E-state index in [-0.39, 0.29) is 30.8 Å². The number of rotatable bonds is 7. The van der Waals surface area contributed by atoms with Gasteiger partial charge in [0.1, 0.15) is 5.54 Å². The minimum Gasteiger partial charge on any atom is -0.372 e. The van der Waals surface area contributed by atoms with E-state index in [4.69, 9.17) is 0 Å². The SMILES string of the molecule is CN(c1ccc(CNC(=O)CCN2C(=O)NC3(CCCCC3)C2=O)cc1)C1CCCCC1. The molecule has 0 bridgehead atoms. The molecule has 3 aliphatic rings. The minimum absolute atomic E-state index is 0.123. The molecule has 1 saturated heterocycles. The van der Waals surface area contributed by atoms with Crippen molar-refractivity contribution in [3.63, 3.8) is 0 Å². The monoisotopic (exact) mass is 440 g/mol. The fourth-order valence-corrected chi connectivity index (χ4v) is 5.40. The average molecular weight is 441 g/mol. The van der Waals surface area contributed by atoms with Crippen LogP contribution in [0.4, 0.5) is 10.5 Å². The molecule has 0 aromatic heterocycles. The van der Waals surface area contributed by atoms with E-state index in [1.54, 1.807) is 0 Å². The van der Waals surface area contributed by atoms with Gasteiger partial charge in [0.15, 0.2) is 0 Å². The number of nitrogens with one attached hydrogen (secondary N) is 2. The molecule has 1 aromatic carbocycles. The molecule has 0 unspecified atom stereocenters. The number of benzene rings is 1. The third kappa shape index (κ3) is 4.92. The number of anilines is 1. The number of carbonyl (C=O) groups is 3. The number of nitrogens with zero attached hydrogens (tertiary/aromatic N) is 2. The third-order valence-electron chi connectivity index (χ3n) is 7.47. The Labute approximate surface area is 190 Å². The summed E-state index contributed by atoms with van der Waals surface area (Å²) in [6, 6.07) is 8.60. The van der Waals surface area contributed by atoms with Crippen LogP contribution in [0.1, 0.15) is 76.2 Å². The topological polar surface area (TPSA) is 81.8 Å². The molecule has 2 saturated carbocycles. The summed E-state index contributed by atoms with van der Waals surface area (Å²) in [5, 5.41) is 5.80. The molecule has 7 heteroatoms. The van der Waals surface area contributed by atoms with E-state index in [0.717, 1.165) is 24.8 Å². The normalized spacial score (nSPS) is 21.0. The Bertz CT molecular complexity index is 826. The van der Waals surface area contributed by atoms with Crippen molar-refractivity contribution in [2.45, 2.75) is 88.8 Å². The number of urea groups is 1. The molecule has 1 spiro atoms. The van der Waals surface area contributed by atoms with Crippen molar-refractivity contribution in [2.75, 3.05) is 18.5 Å². The largest absolute Gasteiger partial charge is 0.372 e. The molecule has 2 N–H and O–H groups in total. The average Bonchev–Trinajstić information content (AvgIpc) is 3.05. The van der Waals surface area contributed by atoms with Gasteiger partial charge in [-0.25, -0.2) is 4.79 Å². The lowest BCUT2D eigenvalue weighted by Gasteiger charge is -2.33. The van der Waals surface area contributed by atoms with Gasteiger partial charge in [-0.05, 0) is 43.4 Å². The zero-order valence-electron chi connectivity index (χ0n) is 19.2. The molecule has 0 atom stereocenters. The summed E-state index contributed by atoms with van der Waals surface area (Å²) in [5.41, 5.74) is 1.52. The summed E-state index contributed by atoms with van der Waals surface area (Å²) < 4.78 is 0. The second kappa shape index (κ2) is 9.92. The maximum Gasteiger partial charge on any atom is 0.325 e. The van der Waals surface area contributed by atoms with E-state index in [9.17, 15) is 14.4 Å². The van der Waals surface area contributed by atoms with E-state index in [0.29, 0.717) is 25.4 Å². The number of hydrogen-bond donors (Lipinski definition) is 2. The second-order valence-corrected chi connectivity index (χ2v) is 9.63. The number of imide groups is 1. The molecule has 174 valence electrons. The van der Waals surface area contributed by atoms with Gasteiger partial charge in [0, 0.05) is 38.3 Å². The van der Waals surface area contributed by atoms with Crippen LogP contribution in [0.25, 0.3) is 0 Å². The molecule has 1 aromatic rings. The first-order valence-electron chi connectivity index (χ1n) is 12.2. The molecule has 7 nitrogen and oxygen atoms in total. The highest BCUT2D eigenvalue weighted by Crippen LogP contribution is 2.33. The highest BCUT2D eigenvalue weighted by atomic mass is 16.2. The van der Waals surface area contributed by atoms with Crippen LogP contribution in [0.2, 0.25) is 0 Å². The summed E-state index contributed by atoms with van der Waals surface area (Å²) in [6.45, 7) is 0.569. The van der Waals surface area contributed by atoms with Crippen LogP contribution in [-0.2, 0) is 16.1 Å². The molecule has 1 aliphatic heterocycles. The van der Waals surface area contributed by atoms with Gasteiger partial charge in [-0.2, -0.15) is 0 Å². The van der Waals surface area contributed by atoms with Gasteiger partial charge in [-0.15, -0.1) is 0 Å². The summed E-state index contributed by atoms with van der Waals surface area (Å²) in [4.78, 5) is 41.0. The molecule has 32 heavy (non-hydrogen) atoms. The maximum atomic E-state index is 12.8. The van der Waals surface area contributed by atoms with Crippen LogP contribution in [0, 0.1) is 0 Å². The van der Waals surface area contributed by atoms with Crippen LogP contribution < -0.4 is 15.5 Å². The Morgan fingerprint density at radius 2 is 1.72 bits per heavy atom. The van der Waals surface area contributed by atoms with Crippen molar-refractivity contribution in [2.24, 2.45) is 0 Å². The first kappa shape index (κ1) is 22.6. The fraction of sp³-hybridized carbons (Fsp3) is 0.640. The molecular formula is C25H36N4O3. The van der Waals surface area contributed by atoms with Crippen molar-refractivity contribution in [1.82, 2.24) is 15.5 Å². The zero-order valence-corrected chi connectivity index (χ0v) is 19.2. The summed E-state index contributed by atoms with van der Waals surface area (Å²) in [7, 11) is 2.17. The van der Waals surface area contributed by atoms with E-state index < -0.39 is 5.54 Å². The standard InChI is InChI=1S/C25H36N4O3/c1-28(20-8-4-2-5-9-20)21-12-10-19(11-13-21)18-26-22(30)14-17-29-23(31)25(27-24(29)32)15-6-3-7-16-25/h10-13,20H,2-9,14-18H2,1H3,(H,26,30)(H,27,32). The first-order chi connectivity index (χ1) is 15.5. The first-order valence-corrected chi connectivity index (χ1v) is 12.2. The van der Waals surface area contributed by atoms with Crippen molar-refractivity contribution < 1.29 is 14.4 Å². The van der Waals surface area contributed by atoms with Crippen molar-refractivity contribution in [3.8, 4) is 0 Å². The summed E-state index contributed by atoms with van der Waals surface area (Å²) >= 11 is 0. The lowest BCUT2D eigenvalue weighted by atomic mass is 9.82. The van der Waals surface area contributed by atoms with Gasteiger partial charge in [0.25, 0.3) is 5.91 Å². The van der Waals surface area contributed by atoms with Gasteiger partial charge in [-0.3, -0.25) is 14.5 Å². The van der Waals surface area contributed by atoms with Gasteiger partial charge in [0.05, 0.1) is 0 Å². The summed E-state index contributed by atoms with van der Waals surface area (Å²) in [6.07, 6.45) is 11.0. The van der Waals surface area contributed by atoms with Gasteiger partial charge >= 0.3 is 6.03 Å². The van der Waals surface area contributed by atoms with E-state index in [1.165, 1.54) is 42.7 Å². The predicted octanol–water partition coefficient (Wildman–Crippen LogP) is 3.72. The Morgan fingerprint density at radius 3 is 2.41 bits per heavy atom. The third-order valence-corrected chi connectivity index (χ3v) is 7.47. The fourth-order valence-electron chi connectivity index (χ4n) is 5.40. The minimum atomic E-state index is -0.724. The molecule has 2 aliphatic carbocycles. The molecule has 3 fully saturated rings. The second-order valence-electron chi connectivity index (χ2n) is 9.63. The van der Waals surface area contributed by atoms with E-state index in [1.807, 2.05) is 0 Å². The quantitative estimate of drug-likeness (QED) is 0.633. The predicted molar refractivity (Wildman–Crippen MR) is 124 cm³/mol. The van der Waals surface area contributed by atoms with Gasteiger partial charge in [-0.1, -0.05) is 50.7 Å². The lowest BCUT2D eigenvalue weighted by Crippen LogP contribution is -2.48. The van der Waals surface area contributed by atoms with Gasteiger partial charge < -0.3 is 15.5 Å². The molecule has 4 amide bonds. The number of carbonyl (C=O) groups excluding carboxylic acids is 3. The maximum absolute atomic E-state index is 12.8. The highest BCUT2D eigenvalue weighted by Gasteiger charge is 2.51. The van der Waals surface area contributed by atoms with Crippen LogP contribution in [0.5, 0.6) is 0 Å². The van der Waals surface area contributed by atoms with E-state index in [2.05, 4.69) is 46.8 Å². The zero-order chi connectivity index (χ0) is 22.6. The van der Waals surface area contributed by atoms with Crippen LogP contribution in [-0.4, -0.2) is 47.9 Å². The molecular weight excluding hydrogens is 404 g/mol. The molecule has 1 heterocycles. The summed E-state index contributed by atoms with van der Waals surface area (Å²) in [5.74, 6) is -0.314. The van der Waals surface area contributed by atoms with Crippen molar-refractivity contribution in [3.05, 3.63) is 29.8 Å². The van der Waals surface area contributed by atoms with Crippen LogP contribution >= 0.6 is 0 Å². The highest BCUT2D eigenvalue weighted by molar-refractivity contribution is 6.07. The Morgan fingerprint density at radius 1 is 1.06 bits per heavy atom. The Hall–Kier alpha value is -2.57. The lowest BCUT2D eigenvalue weighted by molar-refractivity contribution is -0.132. The number of amides is 4. The van der Waals surface area contributed by atoms with E-state index >= 15 is 0 Å². The Balaban J connectivity index is 1.23. The smallest absolute Gasteiger partial charge is 0.325 e.